The predicted octanol–water partition coefficient (Wildman–Crippen LogP) is 2.91. The zero-order valence-electron chi connectivity index (χ0n) is 13.8. The van der Waals surface area contributed by atoms with Crippen molar-refractivity contribution in [3.05, 3.63) is 53.5 Å². The van der Waals surface area contributed by atoms with Crippen LogP contribution in [-0.4, -0.2) is 54.0 Å². The molecule has 0 atom stereocenters. The topological polar surface area (TPSA) is 53.8 Å². The van der Waals surface area contributed by atoms with Crippen molar-refractivity contribution < 1.29 is 14.0 Å². The molecule has 0 radical (unpaired) electrons. The lowest BCUT2D eigenvalue weighted by Crippen LogP contribution is -2.50. The first-order valence-corrected chi connectivity index (χ1v) is 9.09. The van der Waals surface area contributed by atoms with Crippen molar-refractivity contribution in [2.45, 2.75) is 11.8 Å². The van der Waals surface area contributed by atoms with Gasteiger partial charge in [0.15, 0.2) is 5.76 Å². The minimum absolute atomic E-state index is 0.0356. The molecule has 0 saturated carbocycles. The summed E-state index contributed by atoms with van der Waals surface area (Å²) in [5.41, 5.74) is 1.72. The summed E-state index contributed by atoms with van der Waals surface area (Å²) in [6, 6.07) is 9.32. The fraction of sp³-hybridized carbons (Fsp3) is 0.333. The van der Waals surface area contributed by atoms with Crippen LogP contribution < -0.4 is 0 Å². The highest BCUT2D eigenvalue weighted by Gasteiger charge is 2.27. The van der Waals surface area contributed by atoms with Crippen molar-refractivity contribution in [1.29, 1.82) is 0 Å². The third-order valence-electron chi connectivity index (χ3n) is 4.26. The van der Waals surface area contributed by atoms with Gasteiger partial charge in [-0.05, 0) is 43.0 Å². The number of carbonyl (C=O) groups is 2. The second-order valence-electron chi connectivity index (χ2n) is 5.74. The number of nitrogens with zero attached hydrogens (tertiary/aromatic N) is 2. The molecule has 1 aromatic carbocycles. The number of thioether (sulfide) groups is 1. The molecule has 0 bridgehead atoms. The van der Waals surface area contributed by atoms with Gasteiger partial charge in [-0.3, -0.25) is 9.59 Å². The molecule has 2 heterocycles. The largest absolute Gasteiger partial charge is 0.459 e. The fourth-order valence-corrected chi connectivity index (χ4v) is 3.24. The van der Waals surface area contributed by atoms with Crippen LogP contribution in [0.4, 0.5) is 0 Å². The highest BCUT2D eigenvalue weighted by molar-refractivity contribution is 7.98. The number of carbonyl (C=O) groups excluding carboxylic acids is 2. The van der Waals surface area contributed by atoms with E-state index in [4.69, 9.17) is 4.42 Å². The van der Waals surface area contributed by atoms with Gasteiger partial charge in [0, 0.05) is 36.6 Å². The molecule has 5 nitrogen and oxygen atoms in total. The first kappa shape index (κ1) is 16.6. The highest BCUT2D eigenvalue weighted by atomic mass is 32.2. The Hall–Kier alpha value is -2.21. The molecule has 1 aliphatic heterocycles. The Morgan fingerprint density at radius 2 is 1.71 bits per heavy atom. The van der Waals surface area contributed by atoms with Gasteiger partial charge in [-0.25, -0.2) is 0 Å². The van der Waals surface area contributed by atoms with Gasteiger partial charge in [0.05, 0.1) is 6.26 Å². The zero-order valence-corrected chi connectivity index (χ0v) is 14.6. The number of furan rings is 1. The van der Waals surface area contributed by atoms with Gasteiger partial charge < -0.3 is 14.2 Å². The SMILES string of the molecule is CSc1ccc(C)c(C(=O)N2CCN(C(=O)c3ccco3)CC2)c1. The van der Waals surface area contributed by atoms with Crippen LogP contribution in [0.15, 0.2) is 45.9 Å². The molecular formula is C18H20N2O3S. The van der Waals surface area contributed by atoms with Crippen molar-refractivity contribution in [3.8, 4) is 0 Å². The summed E-state index contributed by atoms with van der Waals surface area (Å²) in [4.78, 5) is 29.7. The summed E-state index contributed by atoms with van der Waals surface area (Å²) in [5, 5.41) is 0. The van der Waals surface area contributed by atoms with Crippen LogP contribution in [0.5, 0.6) is 0 Å². The molecule has 6 heteroatoms. The molecule has 2 amide bonds. The molecule has 1 aromatic heterocycles. The van der Waals surface area contributed by atoms with E-state index in [0.717, 1.165) is 16.0 Å². The molecule has 0 unspecified atom stereocenters. The molecule has 0 spiro atoms. The van der Waals surface area contributed by atoms with E-state index in [1.54, 1.807) is 28.8 Å². The molecule has 0 N–H and O–H groups in total. The standard InChI is InChI=1S/C18H20N2O3S/c1-13-5-6-14(24-2)12-15(13)17(21)19-7-9-20(10-8-19)18(22)16-4-3-11-23-16/h3-6,11-12H,7-10H2,1-2H3. The Morgan fingerprint density at radius 3 is 2.29 bits per heavy atom. The number of hydrogen-bond donors (Lipinski definition) is 0. The highest BCUT2D eigenvalue weighted by Crippen LogP contribution is 2.21. The minimum Gasteiger partial charge on any atom is -0.459 e. The fourth-order valence-electron chi connectivity index (χ4n) is 2.80. The molecule has 126 valence electrons. The van der Waals surface area contributed by atoms with Crippen LogP contribution in [0.2, 0.25) is 0 Å². The van der Waals surface area contributed by atoms with Gasteiger partial charge in [0.1, 0.15) is 0 Å². The van der Waals surface area contributed by atoms with Crippen molar-refractivity contribution in [2.24, 2.45) is 0 Å². The van der Waals surface area contributed by atoms with Crippen LogP contribution >= 0.6 is 11.8 Å². The third-order valence-corrected chi connectivity index (χ3v) is 4.99. The molecule has 1 aliphatic rings. The molecule has 24 heavy (non-hydrogen) atoms. The van der Waals surface area contributed by atoms with E-state index in [9.17, 15) is 9.59 Å². The number of amides is 2. The molecule has 3 rings (SSSR count). The number of piperazine rings is 1. The first-order valence-electron chi connectivity index (χ1n) is 7.87. The average molecular weight is 344 g/mol. The van der Waals surface area contributed by atoms with Crippen LogP contribution in [0, 0.1) is 6.92 Å². The van der Waals surface area contributed by atoms with Gasteiger partial charge in [-0.2, -0.15) is 0 Å². The maximum absolute atomic E-state index is 12.8. The van der Waals surface area contributed by atoms with Gasteiger partial charge >= 0.3 is 0 Å². The molecule has 2 aromatic rings. The summed E-state index contributed by atoms with van der Waals surface area (Å²) in [6.07, 6.45) is 3.49. The number of aryl methyl sites for hydroxylation is 1. The van der Waals surface area contributed by atoms with Gasteiger partial charge in [-0.15, -0.1) is 11.8 Å². The average Bonchev–Trinajstić information content (AvgIpc) is 3.16. The van der Waals surface area contributed by atoms with E-state index in [0.29, 0.717) is 31.9 Å². The van der Waals surface area contributed by atoms with Crippen LogP contribution in [0.1, 0.15) is 26.5 Å². The Balaban J connectivity index is 1.66. The van der Waals surface area contributed by atoms with E-state index < -0.39 is 0 Å². The van der Waals surface area contributed by atoms with Crippen molar-refractivity contribution in [2.75, 3.05) is 32.4 Å². The van der Waals surface area contributed by atoms with Crippen molar-refractivity contribution in [3.63, 3.8) is 0 Å². The second kappa shape index (κ2) is 7.13. The van der Waals surface area contributed by atoms with Gasteiger partial charge in [-0.1, -0.05) is 6.07 Å². The summed E-state index contributed by atoms with van der Waals surface area (Å²) in [6.45, 7) is 4.07. The van der Waals surface area contributed by atoms with E-state index in [-0.39, 0.29) is 11.8 Å². The lowest BCUT2D eigenvalue weighted by molar-refractivity contribution is 0.0517. The molecule has 1 fully saturated rings. The normalized spacial score (nSPS) is 14.8. The Bertz CT molecular complexity index is 735. The van der Waals surface area contributed by atoms with Crippen molar-refractivity contribution >= 4 is 23.6 Å². The van der Waals surface area contributed by atoms with Crippen LogP contribution in [0.25, 0.3) is 0 Å². The summed E-state index contributed by atoms with van der Waals surface area (Å²) >= 11 is 1.62. The van der Waals surface area contributed by atoms with Crippen LogP contribution in [0.3, 0.4) is 0 Å². The molecule has 1 saturated heterocycles. The zero-order chi connectivity index (χ0) is 17.1. The van der Waals surface area contributed by atoms with Crippen LogP contribution in [-0.2, 0) is 0 Å². The second-order valence-corrected chi connectivity index (χ2v) is 6.62. The lowest BCUT2D eigenvalue weighted by atomic mass is 10.1. The summed E-state index contributed by atoms with van der Waals surface area (Å²) in [5.74, 6) is 0.263. The minimum atomic E-state index is -0.118. The van der Waals surface area contributed by atoms with E-state index in [1.807, 2.05) is 36.3 Å². The maximum atomic E-state index is 12.8. The Morgan fingerprint density at radius 1 is 1.04 bits per heavy atom. The molecular weight excluding hydrogens is 324 g/mol. The van der Waals surface area contributed by atoms with E-state index in [2.05, 4.69) is 0 Å². The first-order chi connectivity index (χ1) is 11.6. The number of benzene rings is 1. The third kappa shape index (κ3) is 3.33. The number of hydrogen-bond acceptors (Lipinski definition) is 4. The monoisotopic (exact) mass is 344 g/mol. The maximum Gasteiger partial charge on any atom is 0.289 e. The summed E-state index contributed by atoms with van der Waals surface area (Å²) < 4.78 is 5.16. The van der Waals surface area contributed by atoms with Crippen molar-refractivity contribution in [1.82, 2.24) is 9.80 Å². The smallest absolute Gasteiger partial charge is 0.289 e. The van der Waals surface area contributed by atoms with Gasteiger partial charge in [0.2, 0.25) is 0 Å². The lowest BCUT2D eigenvalue weighted by Gasteiger charge is -2.34. The number of rotatable bonds is 3. The quantitative estimate of drug-likeness (QED) is 0.804. The predicted molar refractivity (Wildman–Crippen MR) is 93.5 cm³/mol. The molecule has 0 aliphatic carbocycles. The Kier molecular flexibility index (Phi) is 4.94. The van der Waals surface area contributed by atoms with E-state index >= 15 is 0 Å². The summed E-state index contributed by atoms with van der Waals surface area (Å²) in [7, 11) is 0. The van der Waals surface area contributed by atoms with E-state index in [1.165, 1.54) is 6.26 Å². The van der Waals surface area contributed by atoms with Gasteiger partial charge in [0.25, 0.3) is 11.8 Å². The Labute approximate surface area is 145 Å².